The van der Waals surface area contributed by atoms with Crippen molar-refractivity contribution in [2.75, 3.05) is 12.5 Å². The van der Waals surface area contributed by atoms with Gasteiger partial charge in [0.25, 0.3) is 0 Å². The molecule has 130 valence electrons. The highest BCUT2D eigenvalue weighted by atomic mass is 32.1. The molecule has 5 nitrogen and oxygen atoms in total. The van der Waals surface area contributed by atoms with E-state index in [9.17, 15) is 0 Å². The lowest BCUT2D eigenvalue weighted by Crippen LogP contribution is -1.97. The van der Waals surface area contributed by atoms with Crippen LogP contribution in [0.4, 0.5) is 5.13 Å². The number of anilines is 1. The van der Waals surface area contributed by atoms with Crippen LogP contribution in [0.2, 0.25) is 0 Å². The number of benzene rings is 2. The molecule has 0 spiro atoms. The van der Waals surface area contributed by atoms with Crippen LogP contribution in [0.5, 0.6) is 5.75 Å². The molecule has 0 fully saturated rings. The summed E-state index contributed by atoms with van der Waals surface area (Å²) in [6.45, 7) is 1.91. The van der Waals surface area contributed by atoms with Crippen LogP contribution in [-0.4, -0.2) is 17.8 Å². The Hall–Kier alpha value is -3.12. The molecule has 0 aliphatic carbocycles. The zero-order valence-corrected chi connectivity index (χ0v) is 15.2. The average molecular weight is 363 g/mol. The number of aromatic nitrogens is 1. The average Bonchev–Trinajstić information content (AvgIpc) is 3.33. The highest BCUT2D eigenvalue weighted by Gasteiger charge is 2.08. The summed E-state index contributed by atoms with van der Waals surface area (Å²) < 4.78 is 11.0. The van der Waals surface area contributed by atoms with Crippen LogP contribution >= 0.6 is 11.3 Å². The second kappa shape index (κ2) is 7.01. The summed E-state index contributed by atoms with van der Waals surface area (Å²) in [7, 11) is 1.65. The van der Waals surface area contributed by atoms with Gasteiger partial charge in [0.15, 0.2) is 5.76 Å². The molecule has 1 N–H and O–H groups in total. The van der Waals surface area contributed by atoms with Crippen molar-refractivity contribution in [2.24, 2.45) is 5.10 Å². The lowest BCUT2D eigenvalue weighted by atomic mass is 10.2. The van der Waals surface area contributed by atoms with Gasteiger partial charge >= 0.3 is 0 Å². The molecule has 2 aromatic carbocycles. The van der Waals surface area contributed by atoms with E-state index in [1.807, 2.05) is 66.9 Å². The first kappa shape index (κ1) is 16.4. The van der Waals surface area contributed by atoms with E-state index in [-0.39, 0.29) is 0 Å². The van der Waals surface area contributed by atoms with Gasteiger partial charge in [-0.25, -0.2) is 4.98 Å². The van der Waals surface area contributed by atoms with E-state index in [0.717, 1.165) is 44.6 Å². The second-order valence-electron chi connectivity index (χ2n) is 5.72. The number of thiazole rings is 1. The molecular weight excluding hydrogens is 346 g/mol. The number of hydrazone groups is 1. The third-order valence-corrected chi connectivity index (χ3v) is 4.74. The normalized spacial score (nSPS) is 11.7. The molecule has 0 aliphatic heterocycles. The molecular formula is C20H17N3O2S. The molecule has 4 rings (SSSR count). The summed E-state index contributed by atoms with van der Waals surface area (Å²) in [5, 5.41) is 8.18. The first-order valence-electron chi connectivity index (χ1n) is 8.12. The summed E-state index contributed by atoms with van der Waals surface area (Å²) in [4.78, 5) is 4.57. The fraction of sp³-hybridized carbons (Fsp3) is 0.100. The van der Waals surface area contributed by atoms with Crippen molar-refractivity contribution in [3.63, 3.8) is 0 Å². The Morgan fingerprint density at radius 2 is 1.96 bits per heavy atom. The van der Waals surface area contributed by atoms with Crippen LogP contribution in [0, 0.1) is 0 Å². The van der Waals surface area contributed by atoms with Crippen molar-refractivity contribution in [2.45, 2.75) is 6.92 Å². The lowest BCUT2D eigenvalue weighted by Gasteiger charge is -2.00. The monoisotopic (exact) mass is 363 g/mol. The Morgan fingerprint density at radius 3 is 2.73 bits per heavy atom. The Morgan fingerprint density at radius 1 is 1.15 bits per heavy atom. The van der Waals surface area contributed by atoms with Crippen molar-refractivity contribution in [1.29, 1.82) is 0 Å². The minimum atomic E-state index is 0.728. The molecule has 0 amide bonds. The van der Waals surface area contributed by atoms with E-state index < -0.39 is 0 Å². The number of rotatable bonds is 5. The predicted octanol–water partition coefficient (Wildman–Crippen LogP) is 5.40. The van der Waals surface area contributed by atoms with Crippen LogP contribution < -0.4 is 10.2 Å². The molecule has 2 heterocycles. The third-order valence-electron chi connectivity index (χ3n) is 3.99. The summed E-state index contributed by atoms with van der Waals surface area (Å²) in [6.07, 6.45) is 0. The fourth-order valence-electron chi connectivity index (χ4n) is 2.57. The van der Waals surface area contributed by atoms with Crippen molar-refractivity contribution in [3.05, 3.63) is 65.7 Å². The highest BCUT2D eigenvalue weighted by molar-refractivity contribution is 7.14. The van der Waals surface area contributed by atoms with Gasteiger partial charge in [-0.2, -0.15) is 5.10 Å². The van der Waals surface area contributed by atoms with E-state index in [1.54, 1.807) is 7.11 Å². The Kier molecular flexibility index (Phi) is 4.41. The fourth-order valence-corrected chi connectivity index (χ4v) is 3.23. The summed E-state index contributed by atoms with van der Waals surface area (Å²) in [5.74, 6) is 1.57. The van der Waals surface area contributed by atoms with E-state index in [0.29, 0.717) is 0 Å². The topological polar surface area (TPSA) is 59.6 Å². The van der Waals surface area contributed by atoms with Gasteiger partial charge in [0.2, 0.25) is 5.13 Å². The van der Waals surface area contributed by atoms with Gasteiger partial charge in [-0.15, -0.1) is 11.3 Å². The standard InChI is InChI=1S/C20H17N3O2S/c1-13(19-11-15-5-3-4-6-18(15)25-19)22-23-20-21-17(12-26-20)14-7-9-16(24-2)10-8-14/h3-12H,1-2H3,(H,21,23)/b22-13+. The van der Waals surface area contributed by atoms with Gasteiger partial charge in [0, 0.05) is 16.3 Å². The number of furan rings is 1. The van der Waals surface area contributed by atoms with Crippen LogP contribution in [-0.2, 0) is 0 Å². The zero-order valence-electron chi connectivity index (χ0n) is 14.4. The SMILES string of the molecule is COc1ccc(-c2csc(N/N=C(\C)c3cc4ccccc4o3)n2)cc1. The molecule has 0 bridgehead atoms. The number of para-hydroxylation sites is 1. The smallest absolute Gasteiger partial charge is 0.203 e. The first-order chi connectivity index (χ1) is 12.7. The minimum absolute atomic E-state index is 0.728. The first-order valence-corrected chi connectivity index (χ1v) is 9.00. The maximum Gasteiger partial charge on any atom is 0.203 e. The number of fused-ring (bicyclic) bond motifs is 1. The molecule has 0 saturated carbocycles. The predicted molar refractivity (Wildman–Crippen MR) is 106 cm³/mol. The maximum absolute atomic E-state index is 5.81. The lowest BCUT2D eigenvalue weighted by molar-refractivity contribution is 0.415. The van der Waals surface area contributed by atoms with Crippen LogP contribution in [0.3, 0.4) is 0 Å². The Balaban J connectivity index is 1.50. The zero-order chi connectivity index (χ0) is 17.9. The molecule has 2 aromatic heterocycles. The van der Waals surface area contributed by atoms with Gasteiger partial charge in [-0.3, -0.25) is 5.43 Å². The minimum Gasteiger partial charge on any atom is -0.497 e. The molecule has 26 heavy (non-hydrogen) atoms. The van der Waals surface area contributed by atoms with Crippen molar-refractivity contribution >= 4 is 33.1 Å². The maximum atomic E-state index is 5.81. The van der Waals surface area contributed by atoms with Gasteiger partial charge < -0.3 is 9.15 Å². The van der Waals surface area contributed by atoms with Crippen molar-refractivity contribution in [3.8, 4) is 17.0 Å². The Bertz CT molecular complexity index is 1030. The summed E-state index contributed by atoms with van der Waals surface area (Å²) in [6, 6.07) is 17.7. The van der Waals surface area contributed by atoms with Gasteiger partial charge in [0.1, 0.15) is 17.0 Å². The van der Waals surface area contributed by atoms with E-state index >= 15 is 0 Å². The molecule has 4 aromatic rings. The number of methoxy groups -OCH3 is 1. The van der Waals surface area contributed by atoms with Crippen molar-refractivity contribution in [1.82, 2.24) is 4.98 Å². The van der Waals surface area contributed by atoms with E-state index in [2.05, 4.69) is 15.5 Å². The van der Waals surface area contributed by atoms with E-state index in [1.165, 1.54) is 11.3 Å². The quantitative estimate of drug-likeness (QED) is 0.381. The van der Waals surface area contributed by atoms with Crippen LogP contribution in [0.15, 0.2) is 69.5 Å². The molecule has 0 unspecified atom stereocenters. The Labute approximate surface area is 155 Å². The number of nitrogens with zero attached hydrogens (tertiary/aromatic N) is 2. The van der Waals surface area contributed by atoms with Gasteiger partial charge in [-0.05, 0) is 43.3 Å². The largest absolute Gasteiger partial charge is 0.497 e. The number of hydrogen-bond donors (Lipinski definition) is 1. The van der Waals surface area contributed by atoms with Gasteiger partial charge in [-0.1, -0.05) is 18.2 Å². The second-order valence-corrected chi connectivity index (χ2v) is 6.58. The van der Waals surface area contributed by atoms with Crippen LogP contribution in [0.25, 0.3) is 22.2 Å². The number of nitrogens with one attached hydrogen (secondary N) is 1. The molecule has 0 saturated heterocycles. The van der Waals surface area contributed by atoms with Crippen molar-refractivity contribution < 1.29 is 9.15 Å². The summed E-state index contributed by atoms with van der Waals surface area (Å²) >= 11 is 1.51. The molecule has 0 atom stereocenters. The molecule has 0 aliphatic rings. The number of hydrogen-bond acceptors (Lipinski definition) is 6. The molecule has 6 heteroatoms. The summed E-state index contributed by atoms with van der Waals surface area (Å²) in [5.41, 5.74) is 6.57. The number of ether oxygens (including phenoxy) is 1. The third kappa shape index (κ3) is 3.32. The highest BCUT2D eigenvalue weighted by Crippen LogP contribution is 2.26. The van der Waals surface area contributed by atoms with Gasteiger partial charge in [0.05, 0.1) is 12.8 Å². The van der Waals surface area contributed by atoms with Crippen LogP contribution in [0.1, 0.15) is 12.7 Å². The van der Waals surface area contributed by atoms with E-state index in [4.69, 9.17) is 9.15 Å². The molecule has 0 radical (unpaired) electrons.